The number of amides is 2. The maximum Gasteiger partial charge on any atom is 0.287 e. The molecule has 2 aromatic rings. The number of β-amino-alcohol motifs (C(OH)–C–C–N with tert-alkyl or cyclic N) is 1. The molecule has 9 heteroatoms. The van der Waals surface area contributed by atoms with Gasteiger partial charge in [-0.25, -0.2) is 4.98 Å². The summed E-state index contributed by atoms with van der Waals surface area (Å²) in [5.41, 5.74) is 5.08. The van der Waals surface area contributed by atoms with Crippen LogP contribution in [0.2, 0.25) is 0 Å². The van der Waals surface area contributed by atoms with E-state index in [4.69, 9.17) is 10.2 Å². The van der Waals surface area contributed by atoms with E-state index >= 15 is 0 Å². The average molecular weight is 350 g/mol. The van der Waals surface area contributed by atoms with E-state index in [-0.39, 0.29) is 18.1 Å². The van der Waals surface area contributed by atoms with E-state index in [9.17, 15) is 14.7 Å². The minimum absolute atomic E-state index is 0.0125. The summed E-state index contributed by atoms with van der Waals surface area (Å²) in [6.07, 6.45) is 0. The fraction of sp³-hybridized carbons (Fsp3) is 0.400. The smallest absolute Gasteiger partial charge is 0.287 e. The number of aromatic nitrogens is 1. The second-order valence-corrected chi connectivity index (χ2v) is 7.00. The third kappa shape index (κ3) is 3.64. The first-order valence-electron chi connectivity index (χ1n) is 7.38. The van der Waals surface area contributed by atoms with Crippen molar-refractivity contribution in [2.75, 3.05) is 19.6 Å². The molecule has 0 atom stereocenters. The first kappa shape index (κ1) is 16.6. The Hall–Kier alpha value is -2.23. The Balaban J connectivity index is 1.46. The monoisotopic (exact) mass is 350 g/mol. The molecule has 3 heterocycles. The molecule has 1 aliphatic rings. The number of aryl methyl sites for hydroxylation is 1. The van der Waals surface area contributed by atoms with Crippen LogP contribution < -0.4 is 11.1 Å². The summed E-state index contributed by atoms with van der Waals surface area (Å²) in [6.45, 7) is 3.64. The minimum Gasteiger partial charge on any atom is -0.446 e. The molecular formula is C15H18N4O4S. The number of carbonyl (C=O) groups is 2. The van der Waals surface area contributed by atoms with Crippen LogP contribution in [0.25, 0.3) is 0 Å². The molecule has 1 fully saturated rings. The zero-order chi connectivity index (χ0) is 17.3. The van der Waals surface area contributed by atoms with Crippen LogP contribution in [0.1, 0.15) is 31.8 Å². The second kappa shape index (κ2) is 6.34. The first-order valence-corrected chi connectivity index (χ1v) is 8.26. The van der Waals surface area contributed by atoms with Crippen molar-refractivity contribution in [1.82, 2.24) is 15.2 Å². The van der Waals surface area contributed by atoms with E-state index in [0.29, 0.717) is 19.6 Å². The van der Waals surface area contributed by atoms with Crippen molar-refractivity contribution in [3.05, 3.63) is 39.7 Å². The molecule has 0 saturated carbocycles. The summed E-state index contributed by atoms with van der Waals surface area (Å²) in [7, 11) is 0. The standard InChI is InChI=1S/C15H18N4O4S/c1-9-18-10(5-24-9)4-19-7-15(22,8-19)6-17-14(21)12-3-2-11(23-12)13(16)20/h2-3,5,22H,4,6-8H2,1H3,(H2,16,20)(H,17,21). The maximum absolute atomic E-state index is 12.0. The van der Waals surface area contributed by atoms with Gasteiger partial charge in [0.25, 0.3) is 11.8 Å². The van der Waals surface area contributed by atoms with E-state index in [1.54, 1.807) is 11.3 Å². The molecule has 2 amide bonds. The summed E-state index contributed by atoms with van der Waals surface area (Å²) >= 11 is 1.60. The molecule has 1 aliphatic heterocycles. The zero-order valence-electron chi connectivity index (χ0n) is 13.1. The Labute approximate surface area is 142 Å². The molecule has 128 valence electrons. The number of rotatable bonds is 6. The van der Waals surface area contributed by atoms with E-state index < -0.39 is 17.4 Å². The molecule has 4 N–H and O–H groups in total. The third-order valence-electron chi connectivity index (χ3n) is 3.74. The van der Waals surface area contributed by atoms with Gasteiger partial charge >= 0.3 is 0 Å². The lowest BCUT2D eigenvalue weighted by Gasteiger charge is -2.46. The van der Waals surface area contributed by atoms with Crippen molar-refractivity contribution in [2.24, 2.45) is 5.73 Å². The predicted molar refractivity (Wildman–Crippen MR) is 86.6 cm³/mol. The molecule has 0 spiro atoms. The van der Waals surface area contributed by atoms with Crippen LogP contribution in [0.15, 0.2) is 21.9 Å². The van der Waals surface area contributed by atoms with Gasteiger partial charge in [0.15, 0.2) is 11.5 Å². The maximum atomic E-state index is 12.0. The number of primary amides is 1. The highest BCUT2D eigenvalue weighted by Gasteiger charge is 2.41. The largest absolute Gasteiger partial charge is 0.446 e. The average Bonchev–Trinajstić information content (AvgIpc) is 3.12. The van der Waals surface area contributed by atoms with Crippen LogP contribution in [-0.4, -0.2) is 52.0 Å². The Morgan fingerprint density at radius 3 is 2.75 bits per heavy atom. The lowest BCUT2D eigenvalue weighted by Crippen LogP contribution is -2.65. The molecule has 0 aromatic carbocycles. The van der Waals surface area contributed by atoms with Gasteiger partial charge in [-0.1, -0.05) is 0 Å². The normalized spacial score (nSPS) is 16.6. The van der Waals surface area contributed by atoms with Crippen molar-refractivity contribution in [1.29, 1.82) is 0 Å². The summed E-state index contributed by atoms with van der Waals surface area (Å²) in [6, 6.07) is 2.71. The summed E-state index contributed by atoms with van der Waals surface area (Å²) in [5.74, 6) is -1.32. The Bertz CT molecular complexity index is 763. The van der Waals surface area contributed by atoms with Gasteiger partial charge in [-0.3, -0.25) is 14.5 Å². The third-order valence-corrected chi connectivity index (χ3v) is 4.56. The highest BCUT2D eigenvalue weighted by Crippen LogP contribution is 2.23. The van der Waals surface area contributed by atoms with Crippen molar-refractivity contribution in [3.8, 4) is 0 Å². The second-order valence-electron chi connectivity index (χ2n) is 5.94. The zero-order valence-corrected chi connectivity index (χ0v) is 13.9. The number of furan rings is 1. The van der Waals surface area contributed by atoms with Crippen LogP contribution in [0, 0.1) is 6.92 Å². The van der Waals surface area contributed by atoms with Crippen LogP contribution in [0.5, 0.6) is 0 Å². The van der Waals surface area contributed by atoms with Crippen LogP contribution in [-0.2, 0) is 6.54 Å². The van der Waals surface area contributed by atoms with Crippen molar-refractivity contribution in [2.45, 2.75) is 19.1 Å². The molecule has 0 unspecified atom stereocenters. The lowest BCUT2D eigenvalue weighted by molar-refractivity contribution is -0.0978. The SMILES string of the molecule is Cc1nc(CN2CC(O)(CNC(=O)c3ccc(C(N)=O)o3)C2)cs1. The number of likely N-dealkylation sites (tertiary alicyclic amines) is 1. The molecule has 0 bridgehead atoms. The number of nitrogens with one attached hydrogen (secondary N) is 1. The number of carbonyl (C=O) groups excluding carboxylic acids is 2. The number of nitrogens with zero attached hydrogens (tertiary/aromatic N) is 2. The van der Waals surface area contributed by atoms with Crippen molar-refractivity contribution >= 4 is 23.2 Å². The van der Waals surface area contributed by atoms with Gasteiger partial charge in [0, 0.05) is 31.6 Å². The fourth-order valence-corrected chi connectivity index (χ4v) is 3.25. The number of nitrogens with two attached hydrogens (primary N) is 1. The summed E-state index contributed by atoms with van der Waals surface area (Å²) in [4.78, 5) is 29.3. The van der Waals surface area contributed by atoms with Crippen LogP contribution in [0.4, 0.5) is 0 Å². The molecule has 1 saturated heterocycles. The van der Waals surface area contributed by atoms with Gasteiger partial charge < -0.3 is 20.6 Å². The first-order chi connectivity index (χ1) is 11.3. The van der Waals surface area contributed by atoms with Gasteiger partial charge in [0.05, 0.1) is 10.7 Å². The quantitative estimate of drug-likeness (QED) is 0.680. The Morgan fingerprint density at radius 2 is 2.17 bits per heavy atom. The number of hydrogen-bond donors (Lipinski definition) is 3. The summed E-state index contributed by atoms with van der Waals surface area (Å²) in [5, 5.41) is 16.0. The summed E-state index contributed by atoms with van der Waals surface area (Å²) < 4.78 is 5.04. The molecule has 2 aromatic heterocycles. The van der Waals surface area contributed by atoms with E-state index in [1.165, 1.54) is 12.1 Å². The topological polar surface area (TPSA) is 122 Å². The van der Waals surface area contributed by atoms with Crippen LogP contribution >= 0.6 is 11.3 Å². The Morgan fingerprint density at radius 1 is 1.46 bits per heavy atom. The minimum atomic E-state index is -0.972. The Kier molecular flexibility index (Phi) is 4.39. The highest BCUT2D eigenvalue weighted by atomic mass is 32.1. The predicted octanol–water partition coefficient (Wildman–Crippen LogP) is 0.120. The van der Waals surface area contributed by atoms with Crippen LogP contribution in [0.3, 0.4) is 0 Å². The lowest BCUT2D eigenvalue weighted by atomic mass is 9.94. The van der Waals surface area contributed by atoms with Gasteiger partial charge in [0.1, 0.15) is 5.60 Å². The van der Waals surface area contributed by atoms with E-state index in [0.717, 1.165) is 10.7 Å². The van der Waals surface area contributed by atoms with E-state index in [1.807, 2.05) is 12.3 Å². The van der Waals surface area contributed by atoms with Gasteiger partial charge in [0.2, 0.25) is 0 Å². The molecule has 24 heavy (non-hydrogen) atoms. The molecular weight excluding hydrogens is 332 g/mol. The molecule has 0 radical (unpaired) electrons. The highest BCUT2D eigenvalue weighted by molar-refractivity contribution is 7.09. The number of aliphatic hydroxyl groups is 1. The fourth-order valence-electron chi connectivity index (χ4n) is 2.64. The molecule has 8 nitrogen and oxygen atoms in total. The van der Waals surface area contributed by atoms with Crippen molar-refractivity contribution < 1.29 is 19.1 Å². The molecule has 0 aliphatic carbocycles. The number of thiazole rings is 1. The van der Waals surface area contributed by atoms with Crippen molar-refractivity contribution in [3.63, 3.8) is 0 Å². The van der Waals surface area contributed by atoms with Gasteiger partial charge in [-0.15, -0.1) is 11.3 Å². The van der Waals surface area contributed by atoms with Gasteiger partial charge in [-0.05, 0) is 19.1 Å². The molecule has 3 rings (SSSR count). The van der Waals surface area contributed by atoms with Gasteiger partial charge in [-0.2, -0.15) is 0 Å². The number of hydrogen-bond acceptors (Lipinski definition) is 7. The van der Waals surface area contributed by atoms with E-state index in [2.05, 4.69) is 15.2 Å².